The summed E-state index contributed by atoms with van der Waals surface area (Å²) in [4.78, 5) is 0. The average Bonchev–Trinajstić information content (AvgIpc) is 3.58. The lowest BCUT2D eigenvalue weighted by Crippen LogP contribution is -2.42. The highest BCUT2D eigenvalue weighted by molar-refractivity contribution is 8.25. The topological polar surface area (TPSA) is 169 Å². The molecule has 0 aromatic carbocycles. The Bertz CT molecular complexity index is 1010. The maximum atomic E-state index is 8.44. The Morgan fingerprint density at radius 2 is 0.969 bits per heavy atom. The molecule has 0 aromatic heterocycles. The van der Waals surface area contributed by atoms with E-state index in [1.807, 2.05) is 41.5 Å². The summed E-state index contributed by atoms with van der Waals surface area (Å²) in [6.45, 7) is 55.1. The van der Waals surface area contributed by atoms with Crippen molar-refractivity contribution in [2.24, 2.45) is 54.8 Å². The van der Waals surface area contributed by atoms with Gasteiger partial charge >= 0.3 is 21.2 Å². The molecule has 4 unspecified atom stereocenters. The Kier molecular flexibility index (Phi) is 35.8. The van der Waals surface area contributed by atoms with Gasteiger partial charge in [-0.05, 0) is 100 Å². The van der Waals surface area contributed by atoms with E-state index in [9.17, 15) is 0 Å². The van der Waals surface area contributed by atoms with Crippen molar-refractivity contribution in [2.45, 2.75) is 241 Å². The predicted octanol–water partition coefficient (Wildman–Crippen LogP) is 10.6. The van der Waals surface area contributed by atoms with Gasteiger partial charge in [-0.1, -0.05) is 166 Å². The average molecular weight is 964 g/mol. The molecule has 2 aliphatic heterocycles. The highest BCUT2D eigenvalue weighted by Gasteiger charge is 2.34. The van der Waals surface area contributed by atoms with Gasteiger partial charge in [0.2, 0.25) is 0 Å². The molecule has 9 nitrogen and oxygen atoms in total. The molecule has 384 valence electrons. The van der Waals surface area contributed by atoms with Crippen LogP contribution in [0.4, 0.5) is 0 Å². The van der Waals surface area contributed by atoms with Gasteiger partial charge in [-0.2, -0.15) is 36.9 Å². The minimum absolute atomic E-state index is 0.0220. The van der Waals surface area contributed by atoms with Crippen LogP contribution in [0, 0.1) is 43.3 Å². The first-order chi connectivity index (χ1) is 28.1. The summed E-state index contributed by atoms with van der Waals surface area (Å²) in [6.07, 6.45) is 8.72. The first-order valence-corrected chi connectivity index (χ1v) is 26.6. The third-order valence-electron chi connectivity index (χ3n) is 9.12. The summed E-state index contributed by atoms with van der Waals surface area (Å²) in [5.41, 5.74) is 13.6. The van der Waals surface area contributed by atoms with Crippen molar-refractivity contribution in [3.8, 4) is 0 Å². The summed E-state index contributed by atoms with van der Waals surface area (Å²) in [5, 5.41) is 45.2. The van der Waals surface area contributed by atoms with Gasteiger partial charge in [0.15, 0.2) is 0 Å². The van der Waals surface area contributed by atoms with Crippen LogP contribution in [0.5, 0.6) is 0 Å². The third kappa shape index (κ3) is 61.0. The second-order valence-electron chi connectivity index (χ2n) is 28.4. The van der Waals surface area contributed by atoms with Crippen LogP contribution in [0.2, 0.25) is 25.3 Å². The fourth-order valence-electron chi connectivity index (χ4n) is 7.16. The monoisotopic (exact) mass is 964 g/mol. The van der Waals surface area contributed by atoms with Crippen LogP contribution in [-0.2, 0) is 0 Å². The number of nitrogens with two attached hydrogens (primary N) is 2. The Labute approximate surface area is 417 Å². The smallest absolute Gasteiger partial charge is 0.427 e. The molecule has 0 aliphatic carbocycles. The summed E-state index contributed by atoms with van der Waals surface area (Å²) < 4.78 is 0. The van der Waals surface area contributed by atoms with Crippen LogP contribution in [0.15, 0.2) is 0 Å². The van der Waals surface area contributed by atoms with Gasteiger partial charge in [0.1, 0.15) is 0 Å². The standard InChI is InChI=1S/C12H27BN2.C12H26BNS.2C7H17NS.2C5H13BO2/c1-11(2,3)7-10-8-14-13(15-10)9-12(4,5)6;1-11(2,3)7-10-8-15-13(14-10)9-12(4,5)6;1-7(2,3)4-6(8)5-9;1-7(2,3)4-6(9)5-8;2*1-5(2,3)4-6(7)8/h10,14-15H,7-9H2,1-6H3;10,14H,7-9H2,1-6H3;2*6,9H,4-5,8H2,1-3H3;2*7-8H,4H2,1-3H3. The second kappa shape index (κ2) is 32.0. The lowest BCUT2D eigenvalue weighted by Gasteiger charge is -2.24. The zero-order valence-electron chi connectivity index (χ0n) is 46.9. The minimum atomic E-state index is -1.16. The molecule has 64 heavy (non-hydrogen) atoms. The van der Waals surface area contributed by atoms with Crippen LogP contribution in [0.1, 0.15) is 192 Å². The van der Waals surface area contributed by atoms with Crippen LogP contribution >= 0.6 is 36.9 Å². The molecule has 11 N–H and O–H groups in total. The van der Waals surface area contributed by atoms with Gasteiger partial charge in [-0.25, -0.2) is 0 Å². The zero-order chi connectivity index (χ0) is 51.9. The van der Waals surface area contributed by atoms with Gasteiger partial charge in [-0.3, -0.25) is 0 Å². The number of thiol groups is 2. The van der Waals surface area contributed by atoms with Crippen molar-refractivity contribution < 1.29 is 20.1 Å². The Morgan fingerprint density at radius 3 is 1.22 bits per heavy atom. The SMILES string of the molecule is CC(C)(C)CB(O)O.CC(C)(C)CB(O)O.CC(C)(C)CB1NC(CC(C)(C)C)CS1.CC(C)(C)CB1NCC(CC(C)(C)C)N1.CC(C)(C)CC(N)CS.CC(C)(C)CC(S)CN. The van der Waals surface area contributed by atoms with Gasteiger partial charge in [-0.15, -0.1) is 0 Å². The van der Waals surface area contributed by atoms with E-state index >= 15 is 0 Å². The molecule has 2 rings (SSSR count). The zero-order valence-corrected chi connectivity index (χ0v) is 49.5. The molecule has 0 saturated carbocycles. The van der Waals surface area contributed by atoms with Crippen molar-refractivity contribution in [1.29, 1.82) is 0 Å². The van der Waals surface area contributed by atoms with Crippen LogP contribution in [-0.4, -0.2) is 95.4 Å². The molecule has 2 heterocycles. The highest BCUT2D eigenvalue weighted by atomic mass is 32.2. The Morgan fingerprint density at radius 1 is 0.578 bits per heavy atom. The number of rotatable bonds is 10. The van der Waals surface area contributed by atoms with E-state index < -0.39 is 14.2 Å². The summed E-state index contributed by atoms with van der Waals surface area (Å²) in [5.74, 6) is 2.08. The van der Waals surface area contributed by atoms with Crippen LogP contribution in [0.3, 0.4) is 0 Å². The first kappa shape index (κ1) is 71.5. The summed E-state index contributed by atoms with van der Waals surface area (Å²) in [6, 6.07) is 1.63. The fraction of sp³-hybridized carbons (Fsp3) is 1.00. The minimum Gasteiger partial charge on any atom is -0.427 e. The van der Waals surface area contributed by atoms with E-state index in [4.69, 9.17) is 31.6 Å². The first-order valence-electron chi connectivity index (χ1n) is 24.4. The van der Waals surface area contributed by atoms with Crippen LogP contribution in [0.25, 0.3) is 0 Å². The number of hydrogen-bond acceptors (Lipinski definition) is 12. The van der Waals surface area contributed by atoms with Crippen molar-refractivity contribution in [2.75, 3.05) is 24.6 Å². The molecule has 4 atom stereocenters. The second-order valence-corrected chi connectivity index (χ2v) is 30.8. The molecule has 0 aromatic rings. The lowest BCUT2D eigenvalue weighted by atomic mass is 9.64. The Hall–Kier alpha value is 0.950. The van der Waals surface area contributed by atoms with E-state index in [0.29, 0.717) is 76.1 Å². The quantitative estimate of drug-likeness (QED) is 0.0749. The Balaban J connectivity index is -0.000000346. The van der Waals surface area contributed by atoms with Gasteiger partial charge < -0.3 is 47.2 Å². The fourth-order valence-corrected chi connectivity index (χ4v) is 9.42. The number of nitrogens with one attached hydrogen (secondary N) is 3. The molecule has 2 saturated heterocycles. The van der Waals surface area contributed by atoms with E-state index in [0.717, 1.165) is 31.2 Å². The van der Waals surface area contributed by atoms with E-state index in [2.05, 4.69) is 177 Å². The highest BCUT2D eigenvalue weighted by Crippen LogP contribution is 2.33. The molecular formula is C48H113B4N5O4S3. The van der Waals surface area contributed by atoms with Gasteiger partial charge in [0, 0.05) is 42.2 Å². The maximum Gasteiger partial charge on any atom is 0.451 e. The molecule has 2 fully saturated rings. The predicted molar refractivity (Wildman–Crippen MR) is 303 cm³/mol. The van der Waals surface area contributed by atoms with Crippen molar-refractivity contribution in [1.82, 2.24) is 15.7 Å². The molecule has 0 amide bonds. The van der Waals surface area contributed by atoms with E-state index in [1.165, 1.54) is 31.2 Å². The molecule has 16 heteroatoms. The number of hydrogen-bond donors (Lipinski definition) is 11. The largest absolute Gasteiger partial charge is 0.451 e. The van der Waals surface area contributed by atoms with Crippen molar-refractivity contribution >= 4 is 64.2 Å². The lowest BCUT2D eigenvalue weighted by molar-refractivity contribution is 0.336. The van der Waals surface area contributed by atoms with E-state index in [-0.39, 0.29) is 16.9 Å². The van der Waals surface area contributed by atoms with Crippen molar-refractivity contribution in [3.05, 3.63) is 0 Å². The molecular weight excluding hydrogens is 850 g/mol. The van der Waals surface area contributed by atoms with Gasteiger partial charge in [0.25, 0.3) is 6.13 Å². The molecule has 2 aliphatic rings. The van der Waals surface area contributed by atoms with Crippen LogP contribution < -0.4 is 27.2 Å². The molecule has 0 spiro atoms. The summed E-state index contributed by atoms with van der Waals surface area (Å²) >= 11 is 10.5. The molecule has 0 radical (unpaired) electrons. The maximum absolute atomic E-state index is 8.44. The summed E-state index contributed by atoms with van der Waals surface area (Å²) in [7, 11) is -2.31. The normalized spacial score (nSPS) is 18.4. The van der Waals surface area contributed by atoms with Crippen molar-refractivity contribution in [3.63, 3.8) is 0 Å². The molecule has 0 bridgehead atoms. The van der Waals surface area contributed by atoms with E-state index in [1.54, 1.807) is 0 Å². The van der Waals surface area contributed by atoms with Gasteiger partial charge in [0.05, 0.1) is 0 Å². The third-order valence-corrected chi connectivity index (χ3v) is 11.3.